The summed E-state index contributed by atoms with van der Waals surface area (Å²) in [5.41, 5.74) is 8.09. The number of anilines is 3. The fourth-order valence-electron chi connectivity index (χ4n) is 6.30. The Labute approximate surface area is 248 Å². The van der Waals surface area contributed by atoms with E-state index in [1.165, 1.54) is 22.4 Å². The molecule has 0 saturated carbocycles. The van der Waals surface area contributed by atoms with Gasteiger partial charge in [-0.15, -0.1) is 0 Å². The Balaban J connectivity index is 1.27. The van der Waals surface area contributed by atoms with Crippen molar-refractivity contribution in [2.24, 2.45) is 4.99 Å². The molecular weight excluding hydrogens is 526 g/mol. The maximum absolute atomic E-state index is 12.4. The topological polar surface area (TPSA) is 77.4 Å². The Kier molecular flexibility index (Phi) is 7.93. The number of aromatic nitrogens is 1. The highest BCUT2D eigenvalue weighted by Crippen LogP contribution is 2.40. The van der Waals surface area contributed by atoms with Gasteiger partial charge in [-0.3, -0.25) is 9.69 Å². The van der Waals surface area contributed by atoms with Crippen molar-refractivity contribution in [1.82, 2.24) is 14.8 Å². The van der Waals surface area contributed by atoms with Gasteiger partial charge in [-0.05, 0) is 68.6 Å². The molecule has 220 valence electrons. The number of aryl methyl sites for hydroxylation is 3. The van der Waals surface area contributed by atoms with Crippen molar-refractivity contribution in [3.8, 4) is 5.75 Å². The SMILES string of the molecule is CCNCC(=O)N1CCN(c2ccc(NC3N=CC4=C(N3c3c(C)cccc3C)n3cccc3CC4)c(OC)c2)CC1. The van der Waals surface area contributed by atoms with Crippen LogP contribution in [0.2, 0.25) is 0 Å². The number of para-hydroxylation sites is 1. The van der Waals surface area contributed by atoms with E-state index in [1.807, 2.05) is 18.0 Å². The first kappa shape index (κ1) is 27.9. The number of carbonyl (C=O) groups excluding carboxylic acids is 1. The second-order valence-corrected chi connectivity index (χ2v) is 11.2. The molecular formula is C33H41N7O2. The molecule has 9 heteroatoms. The molecule has 0 bridgehead atoms. The van der Waals surface area contributed by atoms with Gasteiger partial charge in [0.05, 0.1) is 25.0 Å². The van der Waals surface area contributed by atoms with Crippen LogP contribution in [-0.4, -0.2) is 74.3 Å². The summed E-state index contributed by atoms with van der Waals surface area (Å²) in [6, 6.07) is 17.1. The molecule has 6 rings (SSSR count). The Bertz CT molecular complexity index is 1500. The maximum atomic E-state index is 12.4. The highest BCUT2D eigenvalue weighted by molar-refractivity contribution is 5.95. The Morgan fingerprint density at radius 1 is 1.02 bits per heavy atom. The van der Waals surface area contributed by atoms with Crippen LogP contribution >= 0.6 is 0 Å². The first-order valence-electron chi connectivity index (χ1n) is 14.9. The third kappa shape index (κ3) is 5.25. The van der Waals surface area contributed by atoms with Crippen LogP contribution in [0, 0.1) is 13.8 Å². The summed E-state index contributed by atoms with van der Waals surface area (Å²) in [5, 5.41) is 6.84. The lowest BCUT2D eigenvalue weighted by Crippen LogP contribution is -2.50. The van der Waals surface area contributed by atoms with E-state index in [-0.39, 0.29) is 12.2 Å². The second kappa shape index (κ2) is 11.9. The van der Waals surface area contributed by atoms with E-state index >= 15 is 0 Å². The zero-order chi connectivity index (χ0) is 29.2. The number of nitrogens with zero attached hydrogens (tertiary/aromatic N) is 5. The van der Waals surface area contributed by atoms with E-state index in [0.717, 1.165) is 61.1 Å². The molecule has 2 aromatic carbocycles. The van der Waals surface area contributed by atoms with Gasteiger partial charge >= 0.3 is 0 Å². The van der Waals surface area contributed by atoms with Gasteiger partial charge in [-0.2, -0.15) is 0 Å². The van der Waals surface area contributed by atoms with Crippen LogP contribution in [-0.2, 0) is 11.2 Å². The van der Waals surface area contributed by atoms with Crippen molar-refractivity contribution in [2.45, 2.75) is 39.9 Å². The second-order valence-electron chi connectivity index (χ2n) is 11.2. The van der Waals surface area contributed by atoms with Crippen LogP contribution in [0.5, 0.6) is 5.75 Å². The zero-order valence-corrected chi connectivity index (χ0v) is 25.1. The quantitative estimate of drug-likeness (QED) is 0.418. The Hall–Kier alpha value is -4.24. The van der Waals surface area contributed by atoms with Gasteiger partial charge in [-0.25, -0.2) is 4.99 Å². The van der Waals surface area contributed by atoms with Gasteiger partial charge in [0, 0.05) is 61.6 Å². The molecule has 1 fully saturated rings. The number of rotatable bonds is 8. The minimum absolute atomic E-state index is 0.165. The van der Waals surface area contributed by atoms with E-state index < -0.39 is 0 Å². The molecule has 3 aliphatic heterocycles. The molecule has 1 aromatic heterocycles. The first-order valence-corrected chi connectivity index (χ1v) is 14.9. The van der Waals surface area contributed by atoms with E-state index in [0.29, 0.717) is 19.6 Å². The normalized spacial score (nSPS) is 18.2. The molecule has 4 heterocycles. The van der Waals surface area contributed by atoms with Crippen molar-refractivity contribution < 1.29 is 9.53 Å². The number of hydrogen-bond donors (Lipinski definition) is 2. The van der Waals surface area contributed by atoms with Gasteiger partial charge in [0.15, 0.2) is 0 Å². The molecule has 1 atom stereocenters. The number of methoxy groups -OCH3 is 1. The number of piperazine rings is 1. The Morgan fingerprint density at radius 3 is 2.55 bits per heavy atom. The molecule has 42 heavy (non-hydrogen) atoms. The predicted octanol–water partition coefficient (Wildman–Crippen LogP) is 4.47. The van der Waals surface area contributed by atoms with Gasteiger partial charge < -0.3 is 29.7 Å². The van der Waals surface area contributed by atoms with Gasteiger partial charge in [0.1, 0.15) is 11.6 Å². The number of allylic oxidation sites excluding steroid dienone is 1. The molecule has 1 amide bonds. The lowest BCUT2D eigenvalue weighted by molar-refractivity contribution is -0.130. The summed E-state index contributed by atoms with van der Waals surface area (Å²) in [6.45, 7) is 10.6. The smallest absolute Gasteiger partial charge is 0.236 e. The summed E-state index contributed by atoms with van der Waals surface area (Å²) in [5.74, 6) is 2.08. The number of amides is 1. The van der Waals surface area contributed by atoms with E-state index in [9.17, 15) is 4.79 Å². The number of carbonyl (C=O) groups is 1. The largest absolute Gasteiger partial charge is 0.495 e. The van der Waals surface area contributed by atoms with Gasteiger partial charge in [-0.1, -0.05) is 25.1 Å². The van der Waals surface area contributed by atoms with E-state index in [4.69, 9.17) is 9.73 Å². The summed E-state index contributed by atoms with van der Waals surface area (Å²) < 4.78 is 8.22. The summed E-state index contributed by atoms with van der Waals surface area (Å²) in [4.78, 5) is 24.1. The third-order valence-electron chi connectivity index (χ3n) is 8.52. The van der Waals surface area contributed by atoms with Crippen molar-refractivity contribution in [1.29, 1.82) is 0 Å². The van der Waals surface area contributed by atoms with Crippen molar-refractivity contribution in [2.75, 3.05) is 61.5 Å². The average Bonchev–Trinajstić information content (AvgIpc) is 3.50. The lowest BCUT2D eigenvalue weighted by Gasteiger charge is -2.41. The number of hydrogen-bond acceptors (Lipinski definition) is 7. The molecule has 0 spiro atoms. The molecule has 2 N–H and O–H groups in total. The van der Waals surface area contributed by atoms with Gasteiger partial charge in [0.2, 0.25) is 12.2 Å². The van der Waals surface area contributed by atoms with E-state index in [2.05, 4.69) is 93.6 Å². The number of ether oxygens (including phenoxy) is 1. The monoisotopic (exact) mass is 567 g/mol. The lowest BCUT2D eigenvalue weighted by atomic mass is 10.0. The van der Waals surface area contributed by atoms with Crippen LogP contribution in [0.3, 0.4) is 0 Å². The highest BCUT2D eigenvalue weighted by atomic mass is 16.5. The number of fused-ring (bicyclic) bond motifs is 2. The number of aliphatic imine (C=N–C) groups is 1. The molecule has 1 saturated heterocycles. The van der Waals surface area contributed by atoms with Crippen molar-refractivity contribution in [3.63, 3.8) is 0 Å². The van der Waals surface area contributed by atoms with Crippen LogP contribution in [0.25, 0.3) is 5.82 Å². The minimum atomic E-state index is -0.358. The van der Waals surface area contributed by atoms with Crippen LogP contribution < -0.4 is 25.2 Å². The summed E-state index contributed by atoms with van der Waals surface area (Å²) in [7, 11) is 1.71. The maximum Gasteiger partial charge on any atom is 0.236 e. The number of likely N-dealkylation sites (N-methyl/N-ethyl adjacent to an activating group) is 1. The molecule has 3 aliphatic rings. The van der Waals surface area contributed by atoms with Crippen molar-refractivity contribution in [3.05, 3.63) is 77.1 Å². The fourth-order valence-corrected chi connectivity index (χ4v) is 6.30. The van der Waals surface area contributed by atoms with E-state index in [1.54, 1.807) is 7.11 Å². The summed E-state index contributed by atoms with van der Waals surface area (Å²) in [6.07, 6.45) is 5.80. The molecule has 3 aromatic rings. The molecule has 1 unspecified atom stereocenters. The van der Waals surface area contributed by atoms with Crippen LogP contribution in [0.15, 0.2) is 65.3 Å². The third-order valence-corrected chi connectivity index (χ3v) is 8.52. The predicted molar refractivity (Wildman–Crippen MR) is 171 cm³/mol. The van der Waals surface area contributed by atoms with Crippen molar-refractivity contribution >= 4 is 35.0 Å². The standard InChI is InChI=1S/C33H41N7O2/c1-5-34-22-30(41)38-18-16-37(17-19-38)27-13-14-28(29(20-27)42-4)36-33-35-21-25-11-12-26-10-7-15-39(26)32(25)40(33)31-23(2)8-6-9-24(31)3/h6-10,13-15,20-21,33-34,36H,5,11-12,16-19,22H2,1-4H3. The van der Waals surface area contributed by atoms with Gasteiger partial charge in [0.25, 0.3) is 0 Å². The average molecular weight is 568 g/mol. The minimum Gasteiger partial charge on any atom is -0.495 e. The molecule has 0 aliphatic carbocycles. The number of nitrogens with one attached hydrogen (secondary N) is 2. The fraction of sp³-hybridized carbons (Fsp3) is 0.394. The van der Waals surface area contributed by atoms with Crippen LogP contribution in [0.1, 0.15) is 30.2 Å². The highest BCUT2D eigenvalue weighted by Gasteiger charge is 2.33. The zero-order valence-electron chi connectivity index (χ0n) is 25.1. The van der Waals surface area contributed by atoms with Crippen LogP contribution in [0.4, 0.5) is 17.1 Å². The number of benzene rings is 2. The Morgan fingerprint density at radius 2 is 1.81 bits per heavy atom. The summed E-state index contributed by atoms with van der Waals surface area (Å²) >= 11 is 0. The molecule has 0 radical (unpaired) electrons. The first-order chi connectivity index (χ1) is 20.5. The molecule has 9 nitrogen and oxygen atoms in total.